The lowest BCUT2D eigenvalue weighted by Gasteiger charge is -2.55. The predicted molar refractivity (Wildman–Crippen MR) is 67.0 cm³/mol. The van der Waals surface area contributed by atoms with Crippen LogP contribution in [0.1, 0.15) is 12.1 Å². The average molecular weight is 253 g/mol. The van der Waals surface area contributed by atoms with Gasteiger partial charge in [-0.05, 0) is 24.8 Å². The molecule has 2 atom stereocenters. The van der Waals surface area contributed by atoms with Crippen molar-refractivity contribution < 1.29 is 4.39 Å². The van der Waals surface area contributed by atoms with Gasteiger partial charge in [0.05, 0.1) is 5.69 Å². The molecule has 17 heavy (non-hydrogen) atoms. The Balaban J connectivity index is 1.67. The molecule has 2 unspecified atom stereocenters. The van der Waals surface area contributed by atoms with Gasteiger partial charge < -0.3 is 0 Å². The molecular weight excluding hydrogens is 237 g/mol. The molecule has 3 fully saturated rings. The zero-order valence-electron chi connectivity index (χ0n) is 9.84. The maximum atomic E-state index is 13.5. The highest BCUT2D eigenvalue weighted by molar-refractivity contribution is 7.96. The van der Waals surface area contributed by atoms with E-state index in [9.17, 15) is 4.39 Å². The third-order valence-electron chi connectivity index (χ3n) is 3.74. The number of fused-ring (bicyclic) bond motifs is 2. The molecule has 4 rings (SSSR count). The molecule has 5 heteroatoms. The second-order valence-electron chi connectivity index (χ2n) is 4.68. The van der Waals surface area contributed by atoms with Crippen LogP contribution in [0.15, 0.2) is 18.3 Å². The number of halogens is 1. The highest BCUT2D eigenvalue weighted by atomic mass is 32.2. The van der Waals surface area contributed by atoms with Crippen LogP contribution in [-0.4, -0.2) is 45.6 Å². The monoisotopic (exact) mass is 253 g/mol. The van der Waals surface area contributed by atoms with E-state index in [2.05, 4.69) is 20.4 Å². The largest absolute Gasteiger partial charge is 0.289 e. The van der Waals surface area contributed by atoms with Gasteiger partial charge in [0.15, 0.2) is 0 Å². The summed E-state index contributed by atoms with van der Waals surface area (Å²) in [5.74, 6) is -0.181. The van der Waals surface area contributed by atoms with Crippen LogP contribution in [0.2, 0.25) is 0 Å². The summed E-state index contributed by atoms with van der Waals surface area (Å²) in [6.45, 7) is 2.84. The van der Waals surface area contributed by atoms with Crippen LogP contribution in [-0.2, 0) is 6.54 Å². The molecule has 92 valence electrons. The SMILES string of the molecule is CSN1CC2CC(C1)N2Cc1ncccc1F. The molecule has 0 saturated carbocycles. The van der Waals surface area contributed by atoms with Crippen molar-refractivity contribution in [3.63, 3.8) is 0 Å². The molecule has 0 spiro atoms. The van der Waals surface area contributed by atoms with Gasteiger partial charge in [0.1, 0.15) is 5.82 Å². The van der Waals surface area contributed by atoms with E-state index in [-0.39, 0.29) is 5.82 Å². The summed E-state index contributed by atoms with van der Waals surface area (Å²) < 4.78 is 15.9. The quantitative estimate of drug-likeness (QED) is 0.764. The Kier molecular flexibility index (Phi) is 3.06. The third-order valence-corrected chi connectivity index (χ3v) is 4.55. The van der Waals surface area contributed by atoms with E-state index in [1.165, 1.54) is 12.5 Å². The summed E-state index contributed by atoms with van der Waals surface area (Å²) in [5, 5.41) is 0. The molecule has 1 aromatic heterocycles. The van der Waals surface area contributed by atoms with Crippen LogP contribution < -0.4 is 0 Å². The highest BCUT2D eigenvalue weighted by Gasteiger charge is 2.44. The molecule has 0 aromatic carbocycles. The van der Waals surface area contributed by atoms with E-state index in [4.69, 9.17) is 0 Å². The maximum absolute atomic E-state index is 13.5. The summed E-state index contributed by atoms with van der Waals surface area (Å²) in [6, 6.07) is 4.31. The van der Waals surface area contributed by atoms with Gasteiger partial charge in [-0.1, -0.05) is 11.9 Å². The van der Waals surface area contributed by atoms with Gasteiger partial charge in [-0.2, -0.15) is 0 Å². The smallest absolute Gasteiger partial charge is 0.146 e. The van der Waals surface area contributed by atoms with Crippen molar-refractivity contribution in [3.8, 4) is 0 Å². The normalized spacial score (nSPS) is 29.1. The Morgan fingerprint density at radius 1 is 1.47 bits per heavy atom. The van der Waals surface area contributed by atoms with Crippen LogP contribution in [0.25, 0.3) is 0 Å². The van der Waals surface area contributed by atoms with Crippen molar-refractivity contribution in [2.75, 3.05) is 19.3 Å². The number of nitrogens with zero attached hydrogens (tertiary/aromatic N) is 3. The van der Waals surface area contributed by atoms with Crippen LogP contribution in [0.3, 0.4) is 0 Å². The lowest BCUT2D eigenvalue weighted by Crippen LogP contribution is -2.66. The van der Waals surface area contributed by atoms with Crippen molar-refractivity contribution in [2.45, 2.75) is 25.0 Å². The molecule has 2 bridgehead atoms. The van der Waals surface area contributed by atoms with E-state index in [0.717, 1.165) is 13.1 Å². The lowest BCUT2D eigenvalue weighted by atomic mass is 9.88. The minimum absolute atomic E-state index is 0.181. The standard InChI is InChI=1S/C12H16FN3S/c1-17-15-6-9-5-10(7-15)16(9)8-12-11(13)3-2-4-14-12/h2-4,9-10H,5-8H2,1H3. The fourth-order valence-corrected chi connectivity index (χ4v) is 3.41. The molecular formula is C12H16FN3S. The maximum Gasteiger partial charge on any atom is 0.146 e. The third kappa shape index (κ3) is 2.07. The minimum Gasteiger partial charge on any atom is -0.289 e. The van der Waals surface area contributed by atoms with Gasteiger partial charge in [-0.3, -0.25) is 9.88 Å². The van der Waals surface area contributed by atoms with Gasteiger partial charge in [0.25, 0.3) is 0 Å². The minimum atomic E-state index is -0.181. The first-order chi connectivity index (χ1) is 8.28. The summed E-state index contributed by atoms with van der Waals surface area (Å²) >= 11 is 1.81. The number of aromatic nitrogens is 1. The van der Waals surface area contributed by atoms with Crippen molar-refractivity contribution in [1.29, 1.82) is 0 Å². The zero-order valence-corrected chi connectivity index (χ0v) is 10.7. The topological polar surface area (TPSA) is 19.4 Å². The Morgan fingerprint density at radius 3 is 2.88 bits per heavy atom. The zero-order chi connectivity index (χ0) is 11.8. The lowest BCUT2D eigenvalue weighted by molar-refractivity contribution is -0.0483. The Morgan fingerprint density at radius 2 is 2.24 bits per heavy atom. The first-order valence-electron chi connectivity index (χ1n) is 5.92. The Hall–Kier alpha value is -0.650. The van der Waals surface area contributed by atoms with E-state index in [1.54, 1.807) is 12.3 Å². The summed E-state index contributed by atoms with van der Waals surface area (Å²) in [5.41, 5.74) is 0.583. The number of rotatable bonds is 3. The number of piperazine rings is 1. The number of pyridine rings is 1. The predicted octanol–water partition coefficient (Wildman–Crippen LogP) is 1.76. The highest BCUT2D eigenvalue weighted by Crippen LogP contribution is 2.35. The van der Waals surface area contributed by atoms with Crippen LogP contribution >= 0.6 is 11.9 Å². The molecule has 3 aliphatic heterocycles. The Bertz CT molecular complexity index is 402. The first-order valence-corrected chi connectivity index (χ1v) is 7.10. The van der Waals surface area contributed by atoms with Crippen LogP contribution in [0.4, 0.5) is 4.39 Å². The van der Waals surface area contributed by atoms with Gasteiger partial charge in [0, 0.05) is 37.9 Å². The second kappa shape index (κ2) is 4.55. The van der Waals surface area contributed by atoms with Gasteiger partial charge in [-0.25, -0.2) is 8.70 Å². The van der Waals surface area contributed by atoms with E-state index >= 15 is 0 Å². The van der Waals surface area contributed by atoms with Crippen molar-refractivity contribution in [3.05, 3.63) is 29.8 Å². The molecule has 3 aliphatic rings. The number of hydrogen-bond acceptors (Lipinski definition) is 4. The summed E-state index contributed by atoms with van der Waals surface area (Å²) in [7, 11) is 0. The van der Waals surface area contributed by atoms with Crippen molar-refractivity contribution >= 4 is 11.9 Å². The fraction of sp³-hybridized carbons (Fsp3) is 0.583. The molecule has 1 aromatic rings. The van der Waals surface area contributed by atoms with E-state index < -0.39 is 0 Å². The van der Waals surface area contributed by atoms with Gasteiger partial charge in [-0.15, -0.1) is 0 Å². The van der Waals surface area contributed by atoms with Crippen LogP contribution in [0.5, 0.6) is 0 Å². The molecule has 0 N–H and O–H groups in total. The molecule has 0 aliphatic carbocycles. The molecule has 0 radical (unpaired) electrons. The number of piperidine rings is 1. The molecule has 0 amide bonds. The summed E-state index contributed by atoms with van der Waals surface area (Å²) in [4.78, 5) is 6.52. The second-order valence-corrected chi connectivity index (χ2v) is 5.56. The number of hydrogen-bond donors (Lipinski definition) is 0. The average Bonchev–Trinajstić information content (AvgIpc) is 2.37. The molecule has 4 heterocycles. The summed E-state index contributed by atoms with van der Waals surface area (Å²) in [6.07, 6.45) is 5.04. The van der Waals surface area contributed by atoms with Gasteiger partial charge in [0.2, 0.25) is 0 Å². The Labute approximate surface area is 105 Å². The first kappa shape index (κ1) is 11.4. The van der Waals surface area contributed by atoms with Crippen LogP contribution in [0, 0.1) is 5.82 Å². The van der Waals surface area contributed by atoms with Crippen molar-refractivity contribution in [2.24, 2.45) is 0 Å². The van der Waals surface area contributed by atoms with E-state index in [1.807, 2.05) is 11.9 Å². The van der Waals surface area contributed by atoms with Gasteiger partial charge >= 0.3 is 0 Å². The fourth-order valence-electron chi connectivity index (χ4n) is 2.76. The molecule has 3 nitrogen and oxygen atoms in total. The van der Waals surface area contributed by atoms with E-state index in [0.29, 0.717) is 24.3 Å². The van der Waals surface area contributed by atoms with Crippen molar-refractivity contribution in [1.82, 2.24) is 14.2 Å². The molecule has 3 saturated heterocycles.